The molecule has 0 spiro atoms. The van der Waals surface area contributed by atoms with Crippen molar-refractivity contribution in [2.75, 3.05) is 36.8 Å². The van der Waals surface area contributed by atoms with Gasteiger partial charge < -0.3 is 20.9 Å². The van der Waals surface area contributed by atoms with Crippen LogP contribution in [0.1, 0.15) is 55.7 Å². The summed E-state index contributed by atoms with van der Waals surface area (Å²) in [5.74, 6) is 3.54. The molecule has 0 unspecified atom stereocenters. The summed E-state index contributed by atoms with van der Waals surface area (Å²) in [6.45, 7) is 3.82. The Balaban J connectivity index is 1.04. The van der Waals surface area contributed by atoms with E-state index in [0.717, 1.165) is 98.8 Å². The molecule has 9 rings (SSSR count). The van der Waals surface area contributed by atoms with Crippen molar-refractivity contribution in [2.45, 2.75) is 57.0 Å². The second-order valence-corrected chi connectivity index (χ2v) is 13.2. The van der Waals surface area contributed by atoms with Gasteiger partial charge in [0.1, 0.15) is 11.3 Å². The van der Waals surface area contributed by atoms with Crippen LogP contribution in [0.2, 0.25) is 0 Å². The quantitative estimate of drug-likeness (QED) is 0.276. The van der Waals surface area contributed by atoms with Crippen molar-refractivity contribution < 1.29 is 4.79 Å². The van der Waals surface area contributed by atoms with Gasteiger partial charge in [0.05, 0.1) is 5.56 Å². The first kappa shape index (κ1) is 27.5. The van der Waals surface area contributed by atoms with Crippen LogP contribution in [0.3, 0.4) is 0 Å². The zero-order chi connectivity index (χ0) is 30.8. The van der Waals surface area contributed by atoms with E-state index in [-0.39, 0.29) is 0 Å². The van der Waals surface area contributed by atoms with Crippen LogP contribution in [0.4, 0.5) is 11.6 Å². The van der Waals surface area contributed by atoms with Gasteiger partial charge in [-0.3, -0.25) is 9.36 Å². The van der Waals surface area contributed by atoms with Crippen LogP contribution in [0, 0.1) is 5.92 Å². The molecular formula is C35H38N10O. The number of aromatic nitrogens is 6. The Hall–Kier alpha value is -4.77. The fraction of sp³-hybridized carbons (Fsp3) is 0.400. The molecule has 1 atom stereocenters. The van der Waals surface area contributed by atoms with E-state index < -0.39 is 0 Å². The number of rotatable bonds is 7. The number of nitrogen functional groups attached to an aromatic ring is 1. The number of aryl methyl sites for hydroxylation is 1. The van der Waals surface area contributed by atoms with Crippen molar-refractivity contribution >= 4 is 28.7 Å². The van der Waals surface area contributed by atoms with Gasteiger partial charge in [-0.1, -0.05) is 6.07 Å². The number of anilines is 2. The number of piperidine rings is 1. The van der Waals surface area contributed by atoms with Crippen LogP contribution in [0.5, 0.6) is 0 Å². The summed E-state index contributed by atoms with van der Waals surface area (Å²) < 4.78 is 3.95. The molecule has 4 aromatic heterocycles. The lowest BCUT2D eigenvalue weighted by molar-refractivity contribution is -0.133. The molecule has 5 aromatic rings. The van der Waals surface area contributed by atoms with Crippen molar-refractivity contribution in [3.8, 4) is 22.9 Å². The minimum atomic E-state index is 0.304. The largest absolute Gasteiger partial charge is 0.383 e. The second-order valence-electron chi connectivity index (χ2n) is 13.2. The van der Waals surface area contributed by atoms with Gasteiger partial charge in [0.25, 0.3) is 0 Å². The first-order chi connectivity index (χ1) is 22.6. The summed E-state index contributed by atoms with van der Waals surface area (Å²) in [6.07, 6.45) is 11.1. The van der Waals surface area contributed by atoms with Crippen molar-refractivity contribution in [1.29, 1.82) is 0 Å². The van der Waals surface area contributed by atoms with Crippen LogP contribution in [0.25, 0.3) is 34.1 Å². The van der Waals surface area contributed by atoms with Crippen LogP contribution in [-0.2, 0) is 11.2 Å². The standard InChI is InChI=1S/C35H38N10O/c36-32-27(3-1-15-37-32)33-39-29-10-11-30(44-20-14-31(41-44)42-16-2-17-42)40-34(29)45(33)25-7-8-26-23(21-25)6-9-28(26)38-24-12-18-43(19-13-24)35(46)22-4-5-22/h1,3,7-8,10-11,14-15,20-22,24,28,38H,2,4-6,9,12-13,16-19H2,(H2,36,37)/t28-/m0/s1. The van der Waals surface area contributed by atoms with E-state index in [1.54, 1.807) is 6.20 Å². The Morgan fingerprint density at radius 1 is 0.913 bits per heavy atom. The Kier molecular flexibility index (Phi) is 6.55. The molecule has 11 nitrogen and oxygen atoms in total. The third-order valence-electron chi connectivity index (χ3n) is 10.2. The first-order valence-electron chi connectivity index (χ1n) is 16.7. The number of carbonyl (C=O) groups is 1. The highest BCUT2D eigenvalue weighted by atomic mass is 16.2. The molecule has 234 valence electrons. The van der Waals surface area contributed by atoms with Crippen molar-refractivity contribution in [3.63, 3.8) is 0 Å². The van der Waals surface area contributed by atoms with Gasteiger partial charge in [0.15, 0.2) is 23.1 Å². The van der Waals surface area contributed by atoms with Crippen molar-refractivity contribution in [3.05, 3.63) is 72.1 Å². The number of carbonyl (C=O) groups excluding carboxylic acids is 1. The Morgan fingerprint density at radius 3 is 2.57 bits per heavy atom. The van der Waals surface area contributed by atoms with Gasteiger partial charge in [-0.25, -0.2) is 19.6 Å². The molecular weight excluding hydrogens is 576 g/mol. The molecule has 0 bridgehead atoms. The highest BCUT2D eigenvalue weighted by molar-refractivity contribution is 5.83. The van der Waals surface area contributed by atoms with Crippen molar-refractivity contribution in [1.82, 2.24) is 39.5 Å². The fourth-order valence-electron chi connectivity index (χ4n) is 7.32. The van der Waals surface area contributed by atoms with E-state index in [1.165, 1.54) is 17.5 Å². The third kappa shape index (κ3) is 4.81. The Morgan fingerprint density at radius 2 is 1.78 bits per heavy atom. The highest BCUT2D eigenvalue weighted by Gasteiger charge is 2.35. The van der Waals surface area contributed by atoms with Gasteiger partial charge in [0, 0.05) is 68.3 Å². The SMILES string of the molecule is Nc1ncccc1-c1nc2ccc(-n3ccc(N4CCC4)n3)nc2n1-c1ccc2c(c1)CC[C@@H]2NC1CCN(C(=O)C2CC2)CC1. The molecule has 2 aliphatic heterocycles. The van der Waals surface area contributed by atoms with E-state index in [4.69, 9.17) is 20.8 Å². The molecule has 3 N–H and O–H groups in total. The predicted octanol–water partition coefficient (Wildman–Crippen LogP) is 4.44. The summed E-state index contributed by atoms with van der Waals surface area (Å²) in [7, 11) is 0. The van der Waals surface area contributed by atoms with E-state index in [9.17, 15) is 4.79 Å². The molecule has 4 aliphatic rings. The van der Waals surface area contributed by atoms with Crippen molar-refractivity contribution in [2.24, 2.45) is 5.92 Å². The molecule has 1 amide bonds. The minimum Gasteiger partial charge on any atom is -0.383 e. The molecule has 0 radical (unpaired) electrons. The van der Waals surface area contributed by atoms with Crippen LogP contribution in [0.15, 0.2) is 60.9 Å². The molecule has 1 aromatic carbocycles. The van der Waals surface area contributed by atoms with Crippen LogP contribution >= 0.6 is 0 Å². The van der Waals surface area contributed by atoms with E-state index in [1.807, 2.05) is 41.2 Å². The third-order valence-corrected chi connectivity index (χ3v) is 10.2. The number of amides is 1. The lowest BCUT2D eigenvalue weighted by Crippen LogP contribution is -2.46. The Labute approximate surface area is 267 Å². The summed E-state index contributed by atoms with van der Waals surface area (Å²) in [5, 5.41) is 8.75. The zero-order valence-corrected chi connectivity index (χ0v) is 25.8. The highest BCUT2D eigenvalue weighted by Crippen LogP contribution is 2.37. The number of hydrogen-bond donors (Lipinski definition) is 2. The number of nitrogens with two attached hydrogens (primary N) is 1. The molecule has 1 saturated carbocycles. The average Bonchev–Trinajstić information content (AvgIpc) is 3.48. The maximum atomic E-state index is 12.5. The first-order valence-corrected chi connectivity index (χ1v) is 16.7. The van der Waals surface area contributed by atoms with Gasteiger partial charge in [-0.05, 0) is 92.5 Å². The van der Waals surface area contributed by atoms with Gasteiger partial charge >= 0.3 is 0 Å². The Bertz CT molecular complexity index is 1950. The molecule has 46 heavy (non-hydrogen) atoms. The van der Waals surface area contributed by atoms with E-state index in [2.05, 4.69) is 42.9 Å². The van der Waals surface area contributed by atoms with Gasteiger partial charge in [-0.2, -0.15) is 0 Å². The minimum absolute atomic E-state index is 0.304. The molecule has 3 fully saturated rings. The number of pyridine rings is 2. The second kappa shape index (κ2) is 10.9. The summed E-state index contributed by atoms with van der Waals surface area (Å²) >= 11 is 0. The molecule has 2 aliphatic carbocycles. The number of imidazole rings is 1. The number of likely N-dealkylation sites (tertiary alicyclic amines) is 1. The molecule has 11 heteroatoms. The monoisotopic (exact) mass is 614 g/mol. The lowest BCUT2D eigenvalue weighted by Gasteiger charge is -2.34. The number of fused-ring (bicyclic) bond motifs is 2. The number of nitrogens with one attached hydrogen (secondary N) is 1. The fourth-order valence-corrected chi connectivity index (χ4v) is 7.32. The molecule has 2 saturated heterocycles. The lowest BCUT2D eigenvalue weighted by atomic mass is 10.0. The van der Waals surface area contributed by atoms with Crippen LogP contribution in [-0.4, -0.2) is 72.3 Å². The topological polar surface area (TPSA) is 123 Å². The zero-order valence-electron chi connectivity index (χ0n) is 25.8. The average molecular weight is 615 g/mol. The maximum absolute atomic E-state index is 12.5. The van der Waals surface area contributed by atoms with Gasteiger partial charge in [-0.15, -0.1) is 5.10 Å². The van der Waals surface area contributed by atoms with Gasteiger partial charge in [0.2, 0.25) is 5.91 Å². The number of hydrogen-bond acceptors (Lipinski definition) is 8. The number of nitrogens with zero attached hydrogens (tertiary/aromatic N) is 8. The summed E-state index contributed by atoms with van der Waals surface area (Å²) in [6, 6.07) is 17.4. The summed E-state index contributed by atoms with van der Waals surface area (Å²) in [5.41, 5.74) is 12.4. The smallest absolute Gasteiger partial charge is 0.225 e. The maximum Gasteiger partial charge on any atom is 0.225 e. The number of benzene rings is 1. The van der Waals surface area contributed by atoms with Crippen LogP contribution < -0.4 is 16.0 Å². The van der Waals surface area contributed by atoms with E-state index >= 15 is 0 Å². The summed E-state index contributed by atoms with van der Waals surface area (Å²) in [4.78, 5) is 31.4. The molecule has 6 heterocycles. The predicted molar refractivity (Wildman–Crippen MR) is 177 cm³/mol. The normalized spacial score (nSPS) is 19.9. The van der Waals surface area contributed by atoms with E-state index in [0.29, 0.717) is 35.6 Å².